The molecule has 2 aromatic carbocycles. The maximum absolute atomic E-state index is 12.6. The van der Waals surface area contributed by atoms with Gasteiger partial charge in [0.25, 0.3) is 5.91 Å². The predicted molar refractivity (Wildman–Crippen MR) is 95.8 cm³/mol. The van der Waals surface area contributed by atoms with Gasteiger partial charge in [0.2, 0.25) is 0 Å². The summed E-state index contributed by atoms with van der Waals surface area (Å²) in [4.78, 5) is 15.0. The summed E-state index contributed by atoms with van der Waals surface area (Å²) in [7, 11) is 1.56. The summed E-state index contributed by atoms with van der Waals surface area (Å²) in [6, 6.07) is 17.6. The van der Waals surface area contributed by atoms with Gasteiger partial charge in [-0.3, -0.25) is 9.69 Å². The lowest BCUT2D eigenvalue weighted by atomic mass is 10.1. The molecule has 4 heteroatoms. The Morgan fingerprint density at radius 1 is 1.12 bits per heavy atom. The number of rotatable bonds is 6. The van der Waals surface area contributed by atoms with E-state index in [1.54, 1.807) is 7.11 Å². The third-order valence-corrected chi connectivity index (χ3v) is 4.38. The van der Waals surface area contributed by atoms with E-state index in [2.05, 4.69) is 16.3 Å². The Bertz CT molecular complexity index is 666. The number of carbonyl (C=O) groups is 1. The van der Waals surface area contributed by atoms with Crippen molar-refractivity contribution in [1.29, 1.82) is 0 Å². The van der Waals surface area contributed by atoms with Gasteiger partial charge in [0.15, 0.2) is 6.10 Å². The van der Waals surface area contributed by atoms with Crippen LogP contribution in [0.3, 0.4) is 0 Å². The maximum Gasteiger partial charge on any atom is 0.258 e. The number of likely N-dealkylation sites (tertiary alicyclic amines) is 1. The van der Waals surface area contributed by atoms with Gasteiger partial charge in [0, 0.05) is 19.3 Å². The summed E-state index contributed by atoms with van der Waals surface area (Å²) in [6.45, 7) is 3.27. The highest BCUT2D eigenvalue weighted by atomic mass is 16.5. The molecular weight excluding hydrogens is 300 g/mol. The maximum atomic E-state index is 12.6. The molecule has 0 bridgehead atoms. The van der Waals surface area contributed by atoms with Crippen LogP contribution in [-0.2, 0) is 16.1 Å². The summed E-state index contributed by atoms with van der Waals surface area (Å²) in [5.74, 6) is -0.151. The van der Waals surface area contributed by atoms with Crippen molar-refractivity contribution in [1.82, 2.24) is 4.90 Å². The summed E-state index contributed by atoms with van der Waals surface area (Å²) in [6.07, 6.45) is 1.96. The van der Waals surface area contributed by atoms with Crippen molar-refractivity contribution in [2.45, 2.75) is 25.5 Å². The normalized spacial score (nSPS) is 16.0. The number of nitrogens with one attached hydrogen (secondary N) is 1. The molecule has 2 aromatic rings. The largest absolute Gasteiger partial charge is 0.367 e. The van der Waals surface area contributed by atoms with Gasteiger partial charge >= 0.3 is 0 Å². The lowest BCUT2D eigenvalue weighted by Crippen LogP contribution is -2.23. The Balaban J connectivity index is 1.67. The van der Waals surface area contributed by atoms with Gasteiger partial charge < -0.3 is 10.1 Å². The van der Waals surface area contributed by atoms with E-state index in [1.807, 2.05) is 48.5 Å². The smallest absolute Gasteiger partial charge is 0.258 e. The minimum atomic E-state index is -0.603. The summed E-state index contributed by atoms with van der Waals surface area (Å²) >= 11 is 0. The molecule has 0 radical (unpaired) electrons. The third-order valence-electron chi connectivity index (χ3n) is 4.38. The molecule has 1 fully saturated rings. The molecule has 0 saturated carbocycles. The van der Waals surface area contributed by atoms with Crippen molar-refractivity contribution in [3.63, 3.8) is 0 Å². The Morgan fingerprint density at radius 3 is 2.58 bits per heavy atom. The topological polar surface area (TPSA) is 41.6 Å². The number of carbonyl (C=O) groups excluding carboxylic acids is 1. The molecule has 3 rings (SSSR count). The highest BCUT2D eigenvalue weighted by Crippen LogP contribution is 2.20. The molecule has 1 N–H and O–H groups in total. The average molecular weight is 324 g/mol. The number of methoxy groups -OCH3 is 1. The quantitative estimate of drug-likeness (QED) is 0.882. The van der Waals surface area contributed by atoms with Crippen molar-refractivity contribution < 1.29 is 9.53 Å². The first-order chi connectivity index (χ1) is 11.8. The monoisotopic (exact) mass is 324 g/mol. The molecule has 0 unspecified atom stereocenters. The SMILES string of the molecule is CO[C@@H](C(=O)Nc1cccc(CN2CCCC2)c1)c1ccccc1. The first kappa shape index (κ1) is 16.7. The Morgan fingerprint density at radius 2 is 1.88 bits per heavy atom. The minimum absolute atomic E-state index is 0.151. The van der Waals surface area contributed by atoms with Gasteiger partial charge in [-0.25, -0.2) is 0 Å². The zero-order chi connectivity index (χ0) is 16.8. The van der Waals surface area contributed by atoms with Crippen LogP contribution in [0, 0.1) is 0 Å². The number of hydrogen-bond donors (Lipinski definition) is 1. The van der Waals surface area contributed by atoms with E-state index < -0.39 is 6.10 Å². The van der Waals surface area contributed by atoms with Gasteiger partial charge in [-0.05, 0) is 49.2 Å². The lowest BCUT2D eigenvalue weighted by Gasteiger charge is -2.17. The van der Waals surface area contributed by atoms with Gasteiger partial charge in [0.1, 0.15) is 0 Å². The van der Waals surface area contributed by atoms with Crippen molar-refractivity contribution in [3.05, 3.63) is 65.7 Å². The van der Waals surface area contributed by atoms with Gasteiger partial charge in [0.05, 0.1) is 0 Å². The van der Waals surface area contributed by atoms with Crippen LogP contribution >= 0.6 is 0 Å². The number of ether oxygens (including phenoxy) is 1. The standard InChI is InChI=1S/C20H24N2O2/c1-24-19(17-9-3-2-4-10-17)20(23)21-18-11-7-8-16(14-18)15-22-12-5-6-13-22/h2-4,7-11,14,19H,5-6,12-13,15H2,1H3,(H,21,23)/t19-/m1/s1. The molecular formula is C20H24N2O2. The molecule has 0 spiro atoms. The van der Waals surface area contributed by atoms with E-state index in [1.165, 1.54) is 18.4 Å². The van der Waals surface area contributed by atoms with E-state index in [0.717, 1.165) is 30.9 Å². The fraction of sp³-hybridized carbons (Fsp3) is 0.350. The van der Waals surface area contributed by atoms with Crippen molar-refractivity contribution in [2.75, 3.05) is 25.5 Å². The Hall–Kier alpha value is -2.17. The van der Waals surface area contributed by atoms with Crippen molar-refractivity contribution >= 4 is 11.6 Å². The molecule has 24 heavy (non-hydrogen) atoms. The number of amides is 1. The first-order valence-corrected chi connectivity index (χ1v) is 8.46. The highest BCUT2D eigenvalue weighted by molar-refractivity contribution is 5.94. The van der Waals surface area contributed by atoms with Crippen LogP contribution in [-0.4, -0.2) is 31.0 Å². The summed E-state index contributed by atoms with van der Waals surface area (Å²) in [5, 5.41) is 2.97. The van der Waals surface area contributed by atoms with Crippen LogP contribution in [0.25, 0.3) is 0 Å². The number of hydrogen-bond acceptors (Lipinski definition) is 3. The summed E-state index contributed by atoms with van der Waals surface area (Å²) < 4.78 is 5.39. The molecule has 126 valence electrons. The molecule has 0 aliphatic carbocycles. The van der Waals surface area contributed by atoms with Crippen LogP contribution in [0.15, 0.2) is 54.6 Å². The zero-order valence-electron chi connectivity index (χ0n) is 14.1. The number of anilines is 1. The van der Waals surface area contributed by atoms with Crippen molar-refractivity contribution in [2.24, 2.45) is 0 Å². The zero-order valence-corrected chi connectivity index (χ0v) is 14.1. The van der Waals surface area contributed by atoms with E-state index in [4.69, 9.17) is 4.74 Å². The van der Waals surface area contributed by atoms with E-state index in [0.29, 0.717) is 0 Å². The van der Waals surface area contributed by atoms with Crippen LogP contribution in [0.4, 0.5) is 5.69 Å². The number of nitrogens with zero attached hydrogens (tertiary/aromatic N) is 1. The Labute approximate surface area is 143 Å². The molecule has 1 aliphatic heterocycles. The van der Waals surface area contributed by atoms with Crippen LogP contribution in [0.1, 0.15) is 30.1 Å². The number of benzene rings is 2. The van der Waals surface area contributed by atoms with E-state index in [-0.39, 0.29) is 5.91 Å². The second-order valence-electron chi connectivity index (χ2n) is 6.20. The van der Waals surface area contributed by atoms with Crippen LogP contribution < -0.4 is 5.32 Å². The minimum Gasteiger partial charge on any atom is -0.367 e. The van der Waals surface area contributed by atoms with E-state index in [9.17, 15) is 4.79 Å². The molecule has 1 atom stereocenters. The molecule has 1 aliphatic rings. The summed E-state index contributed by atoms with van der Waals surface area (Å²) in [5.41, 5.74) is 2.89. The molecule has 4 nitrogen and oxygen atoms in total. The van der Waals surface area contributed by atoms with E-state index >= 15 is 0 Å². The Kier molecular flexibility index (Phi) is 5.62. The fourth-order valence-electron chi connectivity index (χ4n) is 3.18. The van der Waals surface area contributed by atoms with Crippen molar-refractivity contribution in [3.8, 4) is 0 Å². The average Bonchev–Trinajstić information content (AvgIpc) is 3.10. The van der Waals surface area contributed by atoms with Crippen LogP contribution in [0.5, 0.6) is 0 Å². The second kappa shape index (κ2) is 8.08. The second-order valence-corrected chi connectivity index (χ2v) is 6.20. The van der Waals surface area contributed by atoms with Crippen LogP contribution in [0.2, 0.25) is 0 Å². The van der Waals surface area contributed by atoms with Gasteiger partial charge in [-0.15, -0.1) is 0 Å². The molecule has 1 amide bonds. The predicted octanol–water partition coefficient (Wildman–Crippen LogP) is 3.61. The highest BCUT2D eigenvalue weighted by Gasteiger charge is 2.20. The molecule has 1 saturated heterocycles. The van der Waals surface area contributed by atoms with Gasteiger partial charge in [-0.2, -0.15) is 0 Å². The molecule has 0 aromatic heterocycles. The fourth-order valence-corrected chi connectivity index (χ4v) is 3.18. The third kappa shape index (κ3) is 4.22. The lowest BCUT2D eigenvalue weighted by molar-refractivity contribution is -0.126. The first-order valence-electron chi connectivity index (χ1n) is 8.46. The molecule has 1 heterocycles. The van der Waals surface area contributed by atoms with Gasteiger partial charge in [-0.1, -0.05) is 42.5 Å².